The van der Waals surface area contributed by atoms with Gasteiger partial charge in [-0.2, -0.15) is 0 Å². The molecule has 0 aromatic carbocycles. The highest BCUT2D eigenvalue weighted by Gasteiger charge is 2.25. The molecule has 1 aromatic rings. The first-order valence-electron chi connectivity index (χ1n) is 8.47. The summed E-state index contributed by atoms with van der Waals surface area (Å²) in [7, 11) is 0. The minimum Gasteiger partial charge on any atom is -0.379 e. The third-order valence-corrected chi connectivity index (χ3v) is 5.73. The zero-order valence-corrected chi connectivity index (χ0v) is 15.7. The van der Waals surface area contributed by atoms with E-state index in [-0.39, 0.29) is 5.91 Å². The SMILES string of the molecule is Cc1nc(C(C)C)sc1C(=O)NCC(C(C)C)N1CCOCC1. The second kappa shape index (κ2) is 8.22. The van der Waals surface area contributed by atoms with Crippen molar-refractivity contribution in [3.63, 3.8) is 0 Å². The number of aryl methyl sites for hydroxylation is 1. The Hall–Kier alpha value is -0.980. The fraction of sp³-hybridized carbons (Fsp3) is 0.765. The van der Waals surface area contributed by atoms with Gasteiger partial charge in [0.05, 0.1) is 23.9 Å². The van der Waals surface area contributed by atoms with E-state index in [2.05, 4.69) is 42.9 Å². The third kappa shape index (κ3) is 4.75. The van der Waals surface area contributed by atoms with Crippen molar-refractivity contribution in [1.82, 2.24) is 15.2 Å². The summed E-state index contributed by atoms with van der Waals surface area (Å²) in [6.07, 6.45) is 0. The molecule has 0 radical (unpaired) electrons. The average Bonchev–Trinajstić information content (AvgIpc) is 2.90. The molecule has 2 rings (SSSR count). The van der Waals surface area contributed by atoms with Crippen LogP contribution in [0.25, 0.3) is 0 Å². The van der Waals surface area contributed by atoms with Crippen LogP contribution in [-0.2, 0) is 4.74 Å². The number of rotatable bonds is 6. The van der Waals surface area contributed by atoms with Gasteiger partial charge in [0.25, 0.3) is 5.91 Å². The molecule has 1 aliphatic rings. The van der Waals surface area contributed by atoms with E-state index in [9.17, 15) is 4.79 Å². The van der Waals surface area contributed by atoms with Gasteiger partial charge < -0.3 is 10.1 Å². The van der Waals surface area contributed by atoms with Crippen molar-refractivity contribution in [2.45, 2.75) is 46.6 Å². The molecule has 6 heteroatoms. The van der Waals surface area contributed by atoms with Gasteiger partial charge in [-0.3, -0.25) is 9.69 Å². The van der Waals surface area contributed by atoms with Crippen LogP contribution in [0.4, 0.5) is 0 Å². The Kier molecular flexibility index (Phi) is 6.56. The molecular formula is C17H29N3O2S. The number of carbonyl (C=O) groups is 1. The molecule has 0 saturated carbocycles. The predicted molar refractivity (Wildman–Crippen MR) is 94.3 cm³/mol. The van der Waals surface area contributed by atoms with Gasteiger partial charge in [0.15, 0.2) is 0 Å². The number of nitrogens with zero attached hydrogens (tertiary/aromatic N) is 2. The second-order valence-electron chi connectivity index (χ2n) is 6.79. The molecule has 0 aliphatic carbocycles. The number of thiazole rings is 1. The lowest BCUT2D eigenvalue weighted by Crippen LogP contribution is -2.51. The molecule has 1 fully saturated rings. The van der Waals surface area contributed by atoms with E-state index < -0.39 is 0 Å². The Morgan fingerprint density at radius 2 is 1.96 bits per heavy atom. The van der Waals surface area contributed by atoms with Crippen molar-refractivity contribution in [2.75, 3.05) is 32.8 Å². The van der Waals surface area contributed by atoms with Crippen molar-refractivity contribution >= 4 is 17.2 Å². The van der Waals surface area contributed by atoms with Crippen LogP contribution in [0.15, 0.2) is 0 Å². The highest BCUT2D eigenvalue weighted by atomic mass is 32.1. The number of hydrogen-bond donors (Lipinski definition) is 1. The lowest BCUT2D eigenvalue weighted by Gasteiger charge is -2.36. The van der Waals surface area contributed by atoms with Crippen molar-refractivity contribution < 1.29 is 9.53 Å². The second-order valence-corrected chi connectivity index (χ2v) is 7.82. The maximum atomic E-state index is 12.5. The van der Waals surface area contributed by atoms with Crippen LogP contribution >= 0.6 is 11.3 Å². The highest BCUT2D eigenvalue weighted by Crippen LogP contribution is 2.24. The Bertz CT molecular complexity index is 522. The maximum absolute atomic E-state index is 12.5. The molecule has 1 amide bonds. The monoisotopic (exact) mass is 339 g/mol. The van der Waals surface area contributed by atoms with Crippen LogP contribution in [0.5, 0.6) is 0 Å². The van der Waals surface area contributed by atoms with Gasteiger partial charge in [-0.05, 0) is 12.8 Å². The van der Waals surface area contributed by atoms with Crippen LogP contribution < -0.4 is 5.32 Å². The molecule has 1 unspecified atom stereocenters. The highest BCUT2D eigenvalue weighted by molar-refractivity contribution is 7.13. The summed E-state index contributed by atoms with van der Waals surface area (Å²) in [4.78, 5) is 20.2. The normalized spacial score (nSPS) is 17.7. The van der Waals surface area contributed by atoms with E-state index in [1.165, 1.54) is 11.3 Å². The molecule has 130 valence electrons. The number of aromatic nitrogens is 1. The topological polar surface area (TPSA) is 54.5 Å². The summed E-state index contributed by atoms with van der Waals surface area (Å²) < 4.78 is 5.43. The molecule has 0 bridgehead atoms. The average molecular weight is 340 g/mol. The lowest BCUT2D eigenvalue weighted by atomic mass is 10.0. The third-order valence-electron chi connectivity index (χ3n) is 4.27. The molecule has 2 heterocycles. The zero-order chi connectivity index (χ0) is 17.0. The van der Waals surface area contributed by atoms with Gasteiger partial charge >= 0.3 is 0 Å². The Morgan fingerprint density at radius 1 is 1.30 bits per heavy atom. The summed E-state index contributed by atoms with van der Waals surface area (Å²) in [5.74, 6) is 0.852. The minimum atomic E-state index is 0.00538. The van der Waals surface area contributed by atoms with Gasteiger partial charge in [-0.15, -0.1) is 11.3 Å². The fourth-order valence-corrected chi connectivity index (χ4v) is 3.83. The lowest BCUT2D eigenvalue weighted by molar-refractivity contribution is 0.00673. The maximum Gasteiger partial charge on any atom is 0.263 e. The van der Waals surface area contributed by atoms with E-state index in [4.69, 9.17) is 4.74 Å². The van der Waals surface area contributed by atoms with E-state index in [1.807, 2.05) is 6.92 Å². The minimum absolute atomic E-state index is 0.00538. The molecule has 1 atom stereocenters. The quantitative estimate of drug-likeness (QED) is 0.866. The van der Waals surface area contributed by atoms with Crippen molar-refractivity contribution in [1.29, 1.82) is 0 Å². The molecular weight excluding hydrogens is 310 g/mol. The summed E-state index contributed by atoms with van der Waals surface area (Å²) in [6.45, 7) is 14.7. The van der Waals surface area contributed by atoms with Crippen LogP contribution in [0.1, 0.15) is 54.0 Å². The number of carbonyl (C=O) groups excluding carboxylic acids is 1. The number of amides is 1. The van der Waals surface area contributed by atoms with Crippen molar-refractivity contribution in [2.24, 2.45) is 5.92 Å². The van der Waals surface area contributed by atoms with Gasteiger partial charge in [0, 0.05) is 31.6 Å². The predicted octanol–water partition coefficient (Wildman–Crippen LogP) is 2.66. The first-order valence-corrected chi connectivity index (χ1v) is 9.29. The smallest absolute Gasteiger partial charge is 0.263 e. The largest absolute Gasteiger partial charge is 0.379 e. The van der Waals surface area contributed by atoms with E-state index in [0.29, 0.717) is 24.4 Å². The van der Waals surface area contributed by atoms with Crippen LogP contribution in [0.2, 0.25) is 0 Å². The van der Waals surface area contributed by atoms with Crippen LogP contribution in [0.3, 0.4) is 0 Å². The Morgan fingerprint density at radius 3 is 2.48 bits per heavy atom. The summed E-state index contributed by atoms with van der Waals surface area (Å²) in [5, 5.41) is 4.15. The van der Waals surface area contributed by atoms with Gasteiger partial charge in [-0.1, -0.05) is 27.7 Å². The number of ether oxygens (including phenoxy) is 1. The molecule has 0 spiro atoms. The number of hydrogen-bond acceptors (Lipinski definition) is 5. The molecule has 1 N–H and O–H groups in total. The van der Waals surface area contributed by atoms with Crippen molar-refractivity contribution in [3.05, 3.63) is 15.6 Å². The van der Waals surface area contributed by atoms with E-state index in [1.54, 1.807) is 0 Å². The van der Waals surface area contributed by atoms with E-state index in [0.717, 1.165) is 41.9 Å². The first kappa shape index (κ1) is 18.4. The molecule has 23 heavy (non-hydrogen) atoms. The summed E-state index contributed by atoms with van der Waals surface area (Å²) in [6, 6.07) is 0.348. The summed E-state index contributed by atoms with van der Waals surface area (Å²) in [5.41, 5.74) is 0.837. The van der Waals surface area contributed by atoms with Crippen molar-refractivity contribution in [3.8, 4) is 0 Å². The number of nitrogens with one attached hydrogen (secondary N) is 1. The van der Waals surface area contributed by atoms with Gasteiger partial charge in [0.1, 0.15) is 4.88 Å². The number of morpholine rings is 1. The molecule has 1 aromatic heterocycles. The van der Waals surface area contributed by atoms with Gasteiger partial charge in [0.2, 0.25) is 0 Å². The standard InChI is InChI=1S/C17H29N3O2S/c1-11(2)14(20-6-8-22-9-7-20)10-18-16(21)15-13(5)19-17(23-15)12(3)4/h11-12,14H,6-10H2,1-5H3,(H,18,21). The molecule has 1 saturated heterocycles. The van der Waals surface area contributed by atoms with E-state index >= 15 is 0 Å². The fourth-order valence-electron chi connectivity index (χ4n) is 2.85. The molecule has 5 nitrogen and oxygen atoms in total. The van der Waals surface area contributed by atoms with Gasteiger partial charge in [-0.25, -0.2) is 4.98 Å². The molecule has 1 aliphatic heterocycles. The summed E-state index contributed by atoms with van der Waals surface area (Å²) >= 11 is 1.51. The Labute approximate surface area is 143 Å². The van der Waals surface area contributed by atoms with Crippen LogP contribution in [-0.4, -0.2) is 54.7 Å². The van der Waals surface area contributed by atoms with Crippen LogP contribution in [0, 0.1) is 12.8 Å². The first-order chi connectivity index (χ1) is 10.9. The zero-order valence-electron chi connectivity index (χ0n) is 14.9. The Balaban J connectivity index is 1.98.